The molecule has 3 aliphatic heterocycles. The molecule has 6 atom stereocenters. The molecule has 12 nitrogen and oxygen atoms in total. The second kappa shape index (κ2) is 10.8. The van der Waals surface area contributed by atoms with Crippen LogP contribution >= 0.6 is 0 Å². The lowest BCUT2D eigenvalue weighted by Gasteiger charge is -2.43. The van der Waals surface area contributed by atoms with Gasteiger partial charge in [-0.1, -0.05) is 20.8 Å². The third-order valence-corrected chi connectivity index (χ3v) is 9.34. The average Bonchev–Trinajstić information content (AvgIpc) is 3.19. The van der Waals surface area contributed by atoms with E-state index in [2.05, 4.69) is 29.8 Å². The van der Waals surface area contributed by atoms with E-state index in [1.54, 1.807) is 25.7 Å². The molecule has 5 N–H and O–H groups in total. The fraction of sp³-hybridized carbons (Fsp3) is 0.821. The minimum atomic E-state index is -1.04. The molecule has 4 aliphatic rings. The molecular weight excluding hydrogens is 518 g/mol. The Labute approximate surface area is 235 Å². The Morgan fingerprint density at radius 2 is 1.80 bits per heavy atom. The first-order chi connectivity index (χ1) is 18.5. The number of nitrogens with zero attached hydrogens (tertiary/aromatic N) is 1. The molecular formula is C28H45N5O7. The highest BCUT2D eigenvalue weighted by Gasteiger charge is 2.70. The van der Waals surface area contributed by atoms with Gasteiger partial charge >= 0.3 is 6.09 Å². The number of likely N-dealkylation sites (tertiary alicyclic amines) is 1. The summed E-state index contributed by atoms with van der Waals surface area (Å²) in [7, 11) is 0. The van der Waals surface area contributed by atoms with Crippen molar-refractivity contribution in [2.24, 2.45) is 34.3 Å². The van der Waals surface area contributed by atoms with Gasteiger partial charge in [0.1, 0.15) is 23.7 Å². The molecule has 0 spiro atoms. The van der Waals surface area contributed by atoms with Gasteiger partial charge in [-0.3, -0.25) is 19.2 Å². The number of amides is 5. The minimum Gasteiger partial charge on any atom is -0.444 e. The second-order valence-corrected chi connectivity index (χ2v) is 13.7. The van der Waals surface area contributed by atoms with Crippen LogP contribution in [0.2, 0.25) is 0 Å². The molecule has 224 valence electrons. The van der Waals surface area contributed by atoms with Gasteiger partial charge in [0, 0.05) is 37.6 Å². The maximum absolute atomic E-state index is 14.3. The molecule has 4 fully saturated rings. The molecule has 1 aliphatic carbocycles. The second-order valence-electron chi connectivity index (χ2n) is 13.7. The first kappa shape index (κ1) is 30.1. The number of ether oxygens (including phenoxy) is 2. The van der Waals surface area contributed by atoms with Crippen molar-refractivity contribution in [3.05, 3.63) is 0 Å². The highest BCUT2D eigenvalue weighted by molar-refractivity contribution is 5.95. The summed E-state index contributed by atoms with van der Waals surface area (Å²) in [6.07, 6.45) is 1.06. The predicted octanol–water partition coefficient (Wildman–Crippen LogP) is 0.676. The number of rotatable bonds is 8. The number of nitrogens with one attached hydrogen (secondary N) is 3. The van der Waals surface area contributed by atoms with Crippen molar-refractivity contribution in [1.82, 2.24) is 20.9 Å². The molecule has 40 heavy (non-hydrogen) atoms. The molecule has 1 saturated carbocycles. The predicted molar refractivity (Wildman–Crippen MR) is 144 cm³/mol. The van der Waals surface area contributed by atoms with Gasteiger partial charge in [0.05, 0.1) is 0 Å². The van der Waals surface area contributed by atoms with Gasteiger partial charge in [0.2, 0.25) is 23.6 Å². The van der Waals surface area contributed by atoms with Gasteiger partial charge in [-0.05, 0) is 63.7 Å². The van der Waals surface area contributed by atoms with Crippen LogP contribution in [0, 0.1) is 28.6 Å². The molecule has 5 amide bonds. The number of carbonyl (C=O) groups is 5. The number of nitrogens with two attached hydrogens (primary N) is 1. The number of fused-ring (bicyclic) bond motifs is 1. The monoisotopic (exact) mass is 563 g/mol. The van der Waals surface area contributed by atoms with E-state index in [0.29, 0.717) is 45.6 Å². The zero-order valence-electron chi connectivity index (χ0n) is 24.5. The van der Waals surface area contributed by atoms with Crippen LogP contribution in [0.1, 0.15) is 67.2 Å². The summed E-state index contributed by atoms with van der Waals surface area (Å²) in [6.45, 7) is 13.1. The van der Waals surface area contributed by atoms with Gasteiger partial charge in [0.15, 0.2) is 0 Å². The average molecular weight is 564 g/mol. The van der Waals surface area contributed by atoms with Crippen LogP contribution in [-0.2, 0) is 28.7 Å². The van der Waals surface area contributed by atoms with Gasteiger partial charge in [-0.15, -0.1) is 0 Å². The normalized spacial score (nSPS) is 29.9. The number of alkyl carbamates (subject to hydrolysis) is 1. The molecule has 3 heterocycles. The lowest BCUT2D eigenvalue weighted by molar-refractivity contribution is -0.146. The SMILES string of the molecule is CC(C)(C)OC(=O)N[C@H](C(=O)N1C[C@H]2[C@@H]([C@H]1C(=O)N[C@@H](C[C@@H]1CCNC1=O)C(N)=O)C2(C)C)C1(C)CCOCC1. The quantitative estimate of drug-likeness (QED) is 0.336. The van der Waals surface area contributed by atoms with E-state index in [4.69, 9.17) is 15.2 Å². The Balaban J connectivity index is 1.57. The summed E-state index contributed by atoms with van der Waals surface area (Å²) < 4.78 is 11.0. The Morgan fingerprint density at radius 3 is 2.35 bits per heavy atom. The molecule has 0 radical (unpaired) electrons. The molecule has 3 saturated heterocycles. The highest BCUT2D eigenvalue weighted by atomic mass is 16.6. The van der Waals surface area contributed by atoms with Crippen molar-refractivity contribution < 1.29 is 33.4 Å². The van der Waals surface area contributed by atoms with Crippen molar-refractivity contribution in [3.8, 4) is 0 Å². The van der Waals surface area contributed by atoms with Gasteiger partial charge in [0.25, 0.3) is 0 Å². The molecule has 12 heteroatoms. The number of piperidine rings is 1. The summed E-state index contributed by atoms with van der Waals surface area (Å²) in [5.74, 6) is -2.14. The topological polar surface area (TPSA) is 169 Å². The highest BCUT2D eigenvalue weighted by Crippen LogP contribution is 2.65. The third-order valence-electron chi connectivity index (χ3n) is 9.34. The molecule has 0 unspecified atom stereocenters. The maximum atomic E-state index is 14.3. The van der Waals surface area contributed by atoms with Crippen LogP contribution in [0.25, 0.3) is 0 Å². The van der Waals surface area contributed by atoms with Crippen molar-refractivity contribution in [2.75, 3.05) is 26.3 Å². The van der Waals surface area contributed by atoms with E-state index in [1.807, 2.05) is 6.92 Å². The van der Waals surface area contributed by atoms with E-state index in [0.717, 1.165) is 0 Å². The van der Waals surface area contributed by atoms with Crippen LogP contribution in [0.4, 0.5) is 4.79 Å². The van der Waals surface area contributed by atoms with Crippen molar-refractivity contribution >= 4 is 29.7 Å². The van der Waals surface area contributed by atoms with Crippen LogP contribution in [0.3, 0.4) is 0 Å². The number of carbonyl (C=O) groups excluding carboxylic acids is 5. The van der Waals surface area contributed by atoms with Gasteiger partial charge in [-0.2, -0.15) is 0 Å². The third kappa shape index (κ3) is 6.06. The molecule has 0 aromatic carbocycles. The summed E-state index contributed by atoms with van der Waals surface area (Å²) in [5, 5.41) is 8.33. The van der Waals surface area contributed by atoms with Gasteiger partial charge in [-0.25, -0.2) is 4.79 Å². The largest absolute Gasteiger partial charge is 0.444 e. The zero-order chi connectivity index (χ0) is 29.6. The van der Waals surface area contributed by atoms with E-state index < -0.39 is 53.0 Å². The minimum absolute atomic E-state index is 0.101. The van der Waals surface area contributed by atoms with Crippen LogP contribution < -0.4 is 21.7 Å². The lowest BCUT2D eigenvalue weighted by atomic mass is 9.74. The van der Waals surface area contributed by atoms with E-state index in [-0.39, 0.29) is 35.5 Å². The lowest BCUT2D eigenvalue weighted by Crippen LogP contribution is -2.62. The smallest absolute Gasteiger partial charge is 0.408 e. The Kier molecular flexibility index (Phi) is 8.14. The molecule has 0 bridgehead atoms. The summed E-state index contributed by atoms with van der Waals surface area (Å²) in [6, 6.07) is -2.81. The van der Waals surface area contributed by atoms with Crippen molar-refractivity contribution in [2.45, 2.75) is 91.0 Å². The van der Waals surface area contributed by atoms with Crippen LogP contribution in [0.15, 0.2) is 0 Å². The number of hydrogen-bond acceptors (Lipinski definition) is 7. The number of hydrogen-bond donors (Lipinski definition) is 4. The van der Waals surface area contributed by atoms with Crippen molar-refractivity contribution in [1.29, 1.82) is 0 Å². The fourth-order valence-electron chi connectivity index (χ4n) is 6.72. The zero-order valence-corrected chi connectivity index (χ0v) is 24.5. The van der Waals surface area contributed by atoms with Crippen LogP contribution in [-0.4, -0.2) is 84.7 Å². The molecule has 0 aromatic rings. The van der Waals surface area contributed by atoms with Gasteiger partial charge < -0.3 is 36.1 Å². The first-order valence-corrected chi connectivity index (χ1v) is 14.3. The Bertz CT molecular complexity index is 1050. The Hall–Kier alpha value is -2.89. The molecule has 0 aromatic heterocycles. The summed E-state index contributed by atoms with van der Waals surface area (Å²) in [5.41, 5.74) is 4.10. The fourth-order valence-corrected chi connectivity index (χ4v) is 6.72. The summed E-state index contributed by atoms with van der Waals surface area (Å²) in [4.78, 5) is 66.9. The molecule has 4 rings (SSSR count). The first-order valence-electron chi connectivity index (χ1n) is 14.3. The number of primary amides is 1. The Morgan fingerprint density at radius 1 is 1.15 bits per heavy atom. The standard InChI is InChI=1S/C28H45N5O7/c1-26(2,3)40-25(38)32-20(28(6)8-11-39-12-9-28)24(37)33-14-16-18(27(16,4)5)19(33)23(36)31-17(21(29)34)13-15-7-10-30-22(15)35/h15-20H,7-14H2,1-6H3,(H2,29,34)(H,30,35)(H,31,36)(H,32,38)/t15-,16-,17-,18-,19-,20+/m0/s1. The summed E-state index contributed by atoms with van der Waals surface area (Å²) >= 11 is 0. The van der Waals surface area contributed by atoms with Crippen molar-refractivity contribution in [3.63, 3.8) is 0 Å². The van der Waals surface area contributed by atoms with Crippen LogP contribution in [0.5, 0.6) is 0 Å². The van der Waals surface area contributed by atoms with E-state index in [9.17, 15) is 24.0 Å². The van der Waals surface area contributed by atoms with E-state index >= 15 is 0 Å². The maximum Gasteiger partial charge on any atom is 0.408 e. The van der Waals surface area contributed by atoms with E-state index in [1.165, 1.54) is 0 Å².